The van der Waals surface area contributed by atoms with Gasteiger partial charge in [0, 0.05) is 37.1 Å². The molecule has 7 nitrogen and oxygen atoms in total. The molecule has 0 radical (unpaired) electrons. The molecule has 124 valence electrons. The molecule has 3 aromatic rings. The van der Waals surface area contributed by atoms with Gasteiger partial charge in [-0.15, -0.1) is 0 Å². The zero-order valence-electron chi connectivity index (χ0n) is 14.2. The fraction of sp³-hybridized carbons (Fsp3) is 0.294. The van der Waals surface area contributed by atoms with Crippen LogP contribution in [0.2, 0.25) is 0 Å². The lowest BCUT2D eigenvalue weighted by Gasteiger charge is -2.13. The van der Waals surface area contributed by atoms with Crippen LogP contribution in [0.5, 0.6) is 0 Å². The van der Waals surface area contributed by atoms with Crippen LogP contribution < -0.4 is 5.32 Å². The molecule has 1 N–H and O–H groups in total. The molecule has 0 saturated heterocycles. The first-order chi connectivity index (χ1) is 11.3. The highest BCUT2D eigenvalue weighted by molar-refractivity contribution is 6.03. The monoisotopic (exact) mass is 324 g/mol. The van der Waals surface area contributed by atoms with Gasteiger partial charge in [-0.2, -0.15) is 5.10 Å². The molecule has 0 aliphatic heterocycles. The Morgan fingerprint density at radius 1 is 1.25 bits per heavy atom. The number of aromatic nitrogens is 5. The Hall–Kier alpha value is -2.96. The summed E-state index contributed by atoms with van der Waals surface area (Å²) < 4.78 is 3.45. The van der Waals surface area contributed by atoms with E-state index in [1.54, 1.807) is 46.3 Å². The highest BCUT2D eigenvalue weighted by Gasteiger charge is 2.20. The fourth-order valence-electron chi connectivity index (χ4n) is 2.21. The van der Waals surface area contributed by atoms with E-state index in [0.717, 1.165) is 5.69 Å². The van der Waals surface area contributed by atoms with E-state index in [-0.39, 0.29) is 11.3 Å². The van der Waals surface area contributed by atoms with Gasteiger partial charge in [-0.3, -0.25) is 14.0 Å². The Bertz CT molecular complexity index is 840. The van der Waals surface area contributed by atoms with Crippen LogP contribution in [0.1, 0.15) is 36.8 Å². The van der Waals surface area contributed by atoms with E-state index >= 15 is 0 Å². The number of imidazole rings is 1. The standard InChI is InChI=1S/C17H20N6O/c1-17(2,3)13-9-15(22(4)21-13)20-16(24)12-5-6-14(19-10-12)23-8-7-18-11-23/h5-11H,1-4H3,(H,20,24). The third-order valence-electron chi connectivity index (χ3n) is 3.67. The minimum atomic E-state index is -0.219. The van der Waals surface area contributed by atoms with Crippen molar-refractivity contribution < 1.29 is 4.79 Å². The molecule has 0 saturated carbocycles. The minimum absolute atomic E-state index is 0.0747. The van der Waals surface area contributed by atoms with Crippen molar-refractivity contribution in [2.24, 2.45) is 7.05 Å². The van der Waals surface area contributed by atoms with Gasteiger partial charge in [-0.25, -0.2) is 9.97 Å². The molecule has 0 spiro atoms. The Balaban J connectivity index is 1.77. The largest absolute Gasteiger partial charge is 0.307 e. The van der Waals surface area contributed by atoms with E-state index in [1.165, 1.54) is 0 Å². The lowest BCUT2D eigenvalue weighted by Crippen LogP contribution is -2.15. The van der Waals surface area contributed by atoms with Crippen LogP contribution in [0.3, 0.4) is 0 Å². The lowest BCUT2D eigenvalue weighted by atomic mass is 9.92. The smallest absolute Gasteiger partial charge is 0.258 e. The van der Waals surface area contributed by atoms with E-state index in [4.69, 9.17) is 0 Å². The quantitative estimate of drug-likeness (QED) is 0.803. The second-order valence-electron chi connectivity index (χ2n) is 6.62. The summed E-state index contributed by atoms with van der Waals surface area (Å²) in [5.41, 5.74) is 1.33. The molecule has 0 aliphatic rings. The SMILES string of the molecule is Cn1nc(C(C)(C)C)cc1NC(=O)c1ccc(-n2ccnc2)nc1. The molecule has 3 rings (SSSR count). The number of carbonyl (C=O) groups is 1. The predicted octanol–water partition coefficient (Wildman–Crippen LogP) is 2.55. The number of hydrogen-bond donors (Lipinski definition) is 1. The molecule has 0 aromatic carbocycles. The van der Waals surface area contributed by atoms with Crippen molar-refractivity contribution in [3.8, 4) is 5.82 Å². The molecule has 0 fully saturated rings. The van der Waals surface area contributed by atoms with E-state index in [0.29, 0.717) is 17.2 Å². The van der Waals surface area contributed by atoms with Gasteiger partial charge in [-0.1, -0.05) is 20.8 Å². The van der Waals surface area contributed by atoms with Crippen LogP contribution in [-0.4, -0.2) is 30.2 Å². The third-order valence-corrected chi connectivity index (χ3v) is 3.67. The maximum Gasteiger partial charge on any atom is 0.258 e. The topological polar surface area (TPSA) is 77.6 Å². The average Bonchev–Trinajstić information content (AvgIpc) is 3.17. The van der Waals surface area contributed by atoms with Gasteiger partial charge in [0.15, 0.2) is 0 Å². The van der Waals surface area contributed by atoms with Crippen LogP contribution in [0.25, 0.3) is 5.82 Å². The average molecular weight is 324 g/mol. The van der Waals surface area contributed by atoms with Crippen molar-refractivity contribution >= 4 is 11.7 Å². The summed E-state index contributed by atoms with van der Waals surface area (Å²) in [6, 6.07) is 5.41. The van der Waals surface area contributed by atoms with E-state index in [1.807, 2.05) is 13.1 Å². The van der Waals surface area contributed by atoms with E-state index in [9.17, 15) is 4.79 Å². The van der Waals surface area contributed by atoms with Crippen molar-refractivity contribution in [3.63, 3.8) is 0 Å². The third kappa shape index (κ3) is 3.19. The highest BCUT2D eigenvalue weighted by Crippen LogP contribution is 2.23. The molecule has 0 aliphatic carbocycles. The first-order valence-corrected chi connectivity index (χ1v) is 7.65. The Labute approximate surface area is 140 Å². The van der Waals surface area contributed by atoms with Crippen LogP contribution in [-0.2, 0) is 12.5 Å². The molecule has 0 unspecified atom stereocenters. The Morgan fingerprint density at radius 3 is 2.58 bits per heavy atom. The normalized spacial score (nSPS) is 11.5. The zero-order chi connectivity index (χ0) is 17.3. The number of nitrogens with zero attached hydrogens (tertiary/aromatic N) is 5. The second kappa shape index (κ2) is 5.92. The van der Waals surface area contributed by atoms with Gasteiger partial charge in [0.1, 0.15) is 18.0 Å². The number of pyridine rings is 1. The zero-order valence-corrected chi connectivity index (χ0v) is 14.2. The molecule has 1 amide bonds. The molecule has 3 aromatic heterocycles. The fourth-order valence-corrected chi connectivity index (χ4v) is 2.21. The molecule has 24 heavy (non-hydrogen) atoms. The summed E-state index contributed by atoms with van der Waals surface area (Å²) in [5, 5.41) is 7.33. The van der Waals surface area contributed by atoms with Gasteiger partial charge < -0.3 is 5.32 Å². The maximum absolute atomic E-state index is 12.4. The van der Waals surface area contributed by atoms with E-state index in [2.05, 4.69) is 41.2 Å². The van der Waals surface area contributed by atoms with Crippen molar-refractivity contribution in [1.82, 2.24) is 24.3 Å². The van der Waals surface area contributed by atoms with Gasteiger partial charge >= 0.3 is 0 Å². The number of nitrogens with one attached hydrogen (secondary N) is 1. The number of hydrogen-bond acceptors (Lipinski definition) is 4. The molecular formula is C17H20N6O. The number of carbonyl (C=O) groups excluding carboxylic acids is 1. The maximum atomic E-state index is 12.4. The molecule has 0 atom stereocenters. The second-order valence-corrected chi connectivity index (χ2v) is 6.62. The molecule has 7 heteroatoms. The highest BCUT2D eigenvalue weighted by atomic mass is 16.1. The summed E-state index contributed by atoms with van der Waals surface area (Å²) in [6.07, 6.45) is 6.68. The number of rotatable bonds is 3. The Kier molecular flexibility index (Phi) is 3.92. The van der Waals surface area contributed by atoms with Crippen molar-refractivity contribution in [2.45, 2.75) is 26.2 Å². The summed E-state index contributed by atoms with van der Waals surface area (Å²) in [6.45, 7) is 6.25. The summed E-state index contributed by atoms with van der Waals surface area (Å²) >= 11 is 0. The number of amides is 1. The summed E-state index contributed by atoms with van der Waals surface area (Å²) in [5.74, 6) is 1.14. The van der Waals surface area contributed by atoms with Gasteiger partial charge in [-0.05, 0) is 12.1 Å². The predicted molar refractivity (Wildman–Crippen MR) is 91.2 cm³/mol. The molecular weight excluding hydrogens is 304 g/mol. The van der Waals surface area contributed by atoms with Crippen molar-refractivity contribution in [2.75, 3.05) is 5.32 Å². The van der Waals surface area contributed by atoms with Crippen molar-refractivity contribution in [3.05, 3.63) is 54.4 Å². The van der Waals surface area contributed by atoms with Crippen LogP contribution in [0, 0.1) is 0 Å². The molecule has 3 heterocycles. The first-order valence-electron chi connectivity index (χ1n) is 7.65. The summed E-state index contributed by atoms with van der Waals surface area (Å²) in [4.78, 5) is 20.7. The Morgan fingerprint density at radius 2 is 2.04 bits per heavy atom. The van der Waals surface area contributed by atoms with Crippen molar-refractivity contribution in [1.29, 1.82) is 0 Å². The van der Waals surface area contributed by atoms with Gasteiger partial charge in [0.2, 0.25) is 0 Å². The van der Waals surface area contributed by atoms with Gasteiger partial charge in [0.05, 0.1) is 11.3 Å². The van der Waals surface area contributed by atoms with Crippen LogP contribution in [0.15, 0.2) is 43.1 Å². The van der Waals surface area contributed by atoms with Gasteiger partial charge in [0.25, 0.3) is 5.91 Å². The van der Waals surface area contributed by atoms with Crippen LogP contribution >= 0.6 is 0 Å². The number of aryl methyl sites for hydroxylation is 1. The van der Waals surface area contributed by atoms with Crippen LogP contribution in [0.4, 0.5) is 5.82 Å². The summed E-state index contributed by atoms with van der Waals surface area (Å²) in [7, 11) is 1.81. The first kappa shape index (κ1) is 15.9. The number of anilines is 1. The minimum Gasteiger partial charge on any atom is -0.307 e. The molecule has 0 bridgehead atoms. The lowest BCUT2D eigenvalue weighted by molar-refractivity contribution is 0.102. The van der Waals surface area contributed by atoms with E-state index < -0.39 is 0 Å².